The van der Waals surface area contributed by atoms with E-state index in [1.807, 2.05) is 19.1 Å². The minimum atomic E-state index is 0.528. The summed E-state index contributed by atoms with van der Waals surface area (Å²) in [6, 6.07) is 6.64. The average Bonchev–Trinajstić information content (AvgIpc) is 2.43. The fraction of sp³-hybridized carbons (Fsp3) is 0.625. The van der Waals surface area contributed by atoms with E-state index in [0.29, 0.717) is 12.6 Å². The highest BCUT2D eigenvalue weighted by Crippen LogP contribution is 2.31. The van der Waals surface area contributed by atoms with Crippen molar-refractivity contribution in [3.05, 3.63) is 23.8 Å². The highest BCUT2D eigenvalue weighted by molar-refractivity contribution is 5.46. The van der Waals surface area contributed by atoms with Gasteiger partial charge in [0.15, 0.2) is 11.5 Å². The molecule has 0 saturated heterocycles. The number of hydrogen-bond donors (Lipinski definition) is 1. The lowest BCUT2D eigenvalue weighted by Gasteiger charge is -2.16. The highest BCUT2D eigenvalue weighted by atomic mass is 16.5. The molecule has 3 nitrogen and oxygen atoms in total. The van der Waals surface area contributed by atoms with Gasteiger partial charge in [0.1, 0.15) is 0 Å². The van der Waals surface area contributed by atoms with Gasteiger partial charge in [-0.3, -0.25) is 0 Å². The molecular formula is C16H27NO2. The normalized spacial score (nSPS) is 12.2. The van der Waals surface area contributed by atoms with Gasteiger partial charge in [-0.2, -0.15) is 0 Å². The second-order valence-corrected chi connectivity index (χ2v) is 4.78. The summed E-state index contributed by atoms with van der Waals surface area (Å²) < 4.78 is 11.1. The van der Waals surface area contributed by atoms with Gasteiger partial charge >= 0.3 is 0 Å². The molecule has 0 heterocycles. The molecule has 0 saturated carbocycles. The number of para-hydroxylation sites is 1. The van der Waals surface area contributed by atoms with Crippen LogP contribution in [-0.4, -0.2) is 26.3 Å². The third-order valence-corrected chi connectivity index (χ3v) is 3.15. The maximum atomic E-state index is 5.60. The van der Waals surface area contributed by atoms with E-state index in [-0.39, 0.29) is 0 Å². The quantitative estimate of drug-likeness (QED) is 0.742. The molecule has 0 spiro atoms. The van der Waals surface area contributed by atoms with Crippen LogP contribution in [0.2, 0.25) is 0 Å². The summed E-state index contributed by atoms with van der Waals surface area (Å²) in [7, 11) is 1.71. The van der Waals surface area contributed by atoms with Crippen LogP contribution in [0.4, 0.5) is 0 Å². The van der Waals surface area contributed by atoms with Gasteiger partial charge in [-0.1, -0.05) is 19.1 Å². The Morgan fingerprint density at radius 3 is 2.68 bits per heavy atom. The Bertz CT molecular complexity index is 366. The van der Waals surface area contributed by atoms with Crippen LogP contribution in [0.1, 0.15) is 39.2 Å². The van der Waals surface area contributed by atoms with Crippen LogP contribution in [-0.2, 0) is 6.42 Å². The molecule has 0 aliphatic carbocycles. The van der Waals surface area contributed by atoms with Crippen molar-refractivity contribution in [1.82, 2.24) is 5.32 Å². The number of benzene rings is 1. The summed E-state index contributed by atoms with van der Waals surface area (Å²) in [6.45, 7) is 8.15. The van der Waals surface area contributed by atoms with Gasteiger partial charge in [-0.05, 0) is 51.3 Å². The molecule has 1 unspecified atom stereocenters. The van der Waals surface area contributed by atoms with Gasteiger partial charge in [0, 0.05) is 6.04 Å². The van der Waals surface area contributed by atoms with E-state index in [4.69, 9.17) is 9.47 Å². The van der Waals surface area contributed by atoms with Gasteiger partial charge in [0.2, 0.25) is 0 Å². The Kier molecular flexibility index (Phi) is 7.34. The summed E-state index contributed by atoms with van der Waals surface area (Å²) >= 11 is 0. The molecule has 1 aromatic rings. The van der Waals surface area contributed by atoms with Crippen LogP contribution >= 0.6 is 0 Å². The monoisotopic (exact) mass is 265 g/mol. The van der Waals surface area contributed by atoms with Crippen molar-refractivity contribution in [2.45, 2.75) is 46.1 Å². The van der Waals surface area contributed by atoms with Crippen molar-refractivity contribution in [3.8, 4) is 11.5 Å². The molecule has 1 atom stereocenters. The predicted molar refractivity (Wildman–Crippen MR) is 80.2 cm³/mol. The molecule has 0 bridgehead atoms. The molecule has 1 N–H and O–H groups in total. The first-order valence-corrected chi connectivity index (χ1v) is 7.24. The van der Waals surface area contributed by atoms with Crippen LogP contribution in [0.15, 0.2) is 18.2 Å². The zero-order valence-corrected chi connectivity index (χ0v) is 12.7. The molecule has 0 amide bonds. The van der Waals surface area contributed by atoms with Crippen molar-refractivity contribution in [2.75, 3.05) is 20.3 Å². The molecule has 1 rings (SSSR count). The zero-order valence-electron chi connectivity index (χ0n) is 12.7. The molecular weight excluding hydrogens is 238 g/mol. The van der Waals surface area contributed by atoms with Gasteiger partial charge < -0.3 is 14.8 Å². The van der Waals surface area contributed by atoms with E-state index >= 15 is 0 Å². The number of rotatable bonds is 9. The van der Waals surface area contributed by atoms with Crippen molar-refractivity contribution in [3.63, 3.8) is 0 Å². The topological polar surface area (TPSA) is 30.5 Å². The molecule has 0 aliphatic heterocycles. The Morgan fingerprint density at radius 2 is 2.05 bits per heavy atom. The fourth-order valence-corrected chi connectivity index (χ4v) is 2.12. The average molecular weight is 265 g/mol. The summed E-state index contributed by atoms with van der Waals surface area (Å²) in [5, 5.41) is 3.51. The maximum Gasteiger partial charge on any atom is 0.163 e. The molecule has 19 heavy (non-hydrogen) atoms. The number of hydrogen-bond acceptors (Lipinski definition) is 3. The molecule has 0 aliphatic rings. The highest BCUT2D eigenvalue weighted by Gasteiger charge is 2.11. The van der Waals surface area contributed by atoms with Crippen molar-refractivity contribution < 1.29 is 9.47 Å². The number of aryl methyl sites for hydroxylation is 1. The van der Waals surface area contributed by atoms with E-state index in [0.717, 1.165) is 30.9 Å². The van der Waals surface area contributed by atoms with E-state index < -0.39 is 0 Å². The second kappa shape index (κ2) is 8.81. The van der Waals surface area contributed by atoms with Crippen LogP contribution < -0.4 is 14.8 Å². The van der Waals surface area contributed by atoms with E-state index in [2.05, 4.69) is 25.2 Å². The van der Waals surface area contributed by atoms with Crippen LogP contribution in [0, 0.1) is 0 Å². The fourth-order valence-electron chi connectivity index (χ4n) is 2.12. The minimum absolute atomic E-state index is 0.528. The van der Waals surface area contributed by atoms with E-state index in [1.165, 1.54) is 12.0 Å². The molecule has 3 heteroatoms. The summed E-state index contributed by atoms with van der Waals surface area (Å²) in [4.78, 5) is 0. The largest absolute Gasteiger partial charge is 0.493 e. The minimum Gasteiger partial charge on any atom is -0.493 e. The maximum absolute atomic E-state index is 5.60. The number of nitrogens with one attached hydrogen (secondary N) is 1. The number of methoxy groups -OCH3 is 1. The Hall–Kier alpha value is -1.22. The predicted octanol–water partition coefficient (Wildman–Crippen LogP) is 3.41. The molecule has 108 valence electrons. The summed E-state index contributed by atoms with van der Waals surface area (Å²) in [6.07, 6.45) is 3.28. The van der Waals surface area contributed by atoms with Crippen LogP contribution in [0.3, 0.4) is 0 Å². The SMILES string of the molecule is CCCNC(C)CCc1cccc(OCC)c1OC. The van der Waals surface area contributed by atoms with Crippen molar-refractivity contribution in [2.24, 2.45) is 0 Å². The molecule has 0 fully saturated rings. The first kappa shape index (κ1) is 15.8. The zero-order chi connectivity index (χ0) is 14.1. The smallest absolute Gasteiger partial charge is 0.163 e. The second-order valence-electron chi connectivity index (χ2n) is 4.78. The number of ether oxygens (including phenoxy) is 2. The standard InChI is InChI=1S/C16H27NO2/c1-5-12-17-13(3)10-11-14-8-7-9-15(19-6-2)16(14)18-4/h7-9,13,17H,5-6,10-12H2,1-4H3. The van der Waals surface area contributed by atoms with Gasteiger partial charge in [-0.15, -0.1) is 0 Å². The Labute approximate surface area is 117 Å². The Morgan fingerprint density at radius 1 is 1.26 bits per heavy atom. The molecule has 0 radical (unpaired) electrons. The van der Waals surface area contributed by atoms with Crippen molar-refractivity contribution in [1.29, 1.82) is 0 Å². The summed E-state index contributed by atoms with van der Waals surface area (Å²) in [5.74, 6) is 1.73. The third-order valence-electron chi connectivity index (χ3n) is 3.15. The van der Waals surface area contributed by atoms with Crippen LogP contribution in [0.25, 0.3) is 0 Å². The molecule has 0 aromatic heterocycles. The lowest BCUT2D eigenvalue weighted by Crippen LogP contribution is -2.27. The lowest BCUT2D eigenvalue weighted by molar-refractivity contribution is 0.309. The van der Waals surface area contributed by atoms with Gasteiger partial charge in [-0.25, -0.2) is 0 Å². The third kappa shape index (κ3) is 5.11. The first-order chi connectivity index (χ1) is 9.22. The Balaban J connectivity index is 2.64. The van der Waals surface area contributed by atoms with E-state index in [1.54, 1.807) is 7.11 Å². The van der Waals surface area contributed by atoms with Crippen molar-refractivity contribution >= 4 is 0 Å². The lowest BCUT2D eigenvalue weighted by atomic mass is 10.0. The van der Waals surface area contributed by atoms with E-state index in [9.17, 15) is 0 Å². The van der Waals surface area contributed by atoms with Gasteiger partial charge in [0.05, 0.1) is 13.7 Å². The van der Waals surface area contributed by atoms with Gasteiger partial charge in [0.25, 0.3) is 0 Å². The molecule has 1 aromatic carbocycles. The summed E-state index contributed by atoms with van der Waals surface area (Å²) in [5.41, 5.74) is 1.22. The van der Waals surface area contributed by atoms with Crippen LogP contribution in [0.5, 0.6) is 11.5 Å². The first-order valence-electron chi connectivity index (χ1n) is 7.24.